The van der Waals surface area contributed by atoms with Crippen LogP contribution in [0.5, 0.6) is 0 Å². The Bertz CT molecular complexity index is 371. The first-order valence-electron chi connectivity index (χ1n) is 6.43. The summed E-state index contributed by atoms with van der Waals surface area (Å²) in [4.78, 5) is 11.6. The quantitative estimate of drug-likeness (QED) is 0.829. The SMILES string of the molecule is CCCc1cccc(C(C)NC(=O)C(C)C)c1. The second kappa shape index (κ2) is 6.43. The highest BCUT2D eigenvalue weighted by Gasteiger charge is 2.12. The molecule has 1 amide bonds. The maximum Gasteiger partial charge on any atom is 0.223 e. The monoisotopic (exact) mass is 233 g/mol. The van der Waals surface area contributed by atoms with Gasteiger partial charge < -0.3 is 5.32 Å². The van der Waals surface area contributed by atoms with Crippen molar-refractivity contribution < 1.29 is 4.79 Å². The van der Waals surface area contributed by atoms with Crippen LogP contribution < -0.4 is 5.32 Å². The molecule has 0 heterocycles. The van der Waals surface area contributed by atoms with E-state index in [1.807, 2.05) is 20.8 Å². The molecule has 0 radical (unpaired) electrons. The van der Waals surface area contributed by atoms with Crippen LogP contribution in [0.3, 0.4) is 0 Å². The molecule has 0 bridgehead atoms. The van der Waals surface area contributed by atoms with E-state index in [1.165, 1.54) is 11.1 Å². The molecule has 0 aliphatic carbocycles. The third-order valence-corrected chi connectivity index (χ3v) is 2.87. The van der Waals surface area contributed by atoms with Gasteiger partial charge in [0.25, 0.3) is 0 Å². The van der Waals surface area contributed by atoms with Crippen LogP contribution in [0, 0.1) is 5.92 Å². The van der Waals surface area contributed by atoms with E-state index in [4.69, 9.17) is 0 Å². The first kappa shape index (κ1) is 13.8. The maximum atomic E-state index is 11.6. The number of carbonyl (C=O) groups excluding carboxylic acids is 1. The zero-order chi connectivity index (χ0) is 12.8. The molecule has 2 heteroatoms. The molecule has 0 spiro atoms. The molecule has 0 fully saturated rings. The normalized spacial score (nSPS) is 12.5. The highest BCUT2D eigenvalue weighted by Crippen LogP contribution is 2.15. The van der Waals surface area contributed by atoms with Gasteiger partial charge in [0.05, 0.1) is 6.04 Å². The highest BCUT2D eigenvalue weighted by molar-refractivity contribution is 5.78. The van der Waals surface area contributed by atoms with Crippen LogP contribution in [-0.2, 0) is 11.2 Å². The Morgan fingerprint density at radius 1 is 1.29 bits per heavy atom. The first-order valence-corrected chi connectivity index (χ1v) is 6.43. The first-order chi connectivity index (χ1) is 8.04. The summed E-state index contributed by atoms with van der Waals surface area (Å²) in [6.45, 7) is 8.03. The number of hydrogen-bond acceptors (Lipinski definition) is 1. The average molecular weight is 233 g/mol. The molecule has 1 rings (SSSR count). The number of amides is 1. The van der Waals surface area contributed by atoms with E-state index in [-0.39, 0.29) is 17.9 Å². The predicted octanol–water partition coefficient (Wildman–Crippen LogP) is 3.47. The van der Waals surface area contributed by atoms with Gasteiger partial charge >= 0.3 is 0 Å². The van der Waals surface area contributed by atoms with E-state index in [2.05, 4.69) is 36.5 Å². The Labute approximate surface area is 104 Å². The van der Waals surface area contributed by atoms with Gasteiger partial charge in [-0.2, -0.15) is 0 Å². The van der Waals surface area contributed by atoms with Crippen LogP contribution >= 0.6 is 0 Å². The lowest BCUT2D eigenvalue weighted by Gasteiger charge is -2.16. The second-order valence-electron chi connectivity index (χ2n) is 4.88. The lowest BCUT2D eigenvalue weighted by Crippen LogP contribution is -2.30. The van der Waals surface area contributed by atoms with E-state index in [0.717, 1.165) is 12.8 Å². The molecular formula is C15H23NO. The Morgan fingerprint density at radius 3 is 2.59 bits per heavy atom. The topological polar surface area (TPSA) is 29.1 Å². The molecular weight excluding hydrogens is 210 g/mol. The molecule has 17 heavy (non-hydrogen) atoms. The van der Waals surface area contributed by atoms with Crippen molar-refractivity contribution in [2.24, 2.45) is 5.92 Å². The van der Waals surface area contributed by atoms with Crippen LogP contribution in [0.25, 0.3) is 0 Å². The van der Waals surface area contributed by atoms with Crippen molar-refractivity contribution in [3.8, 4) is 0 Å². The van der Waals surface area contributed by atoms with E-state index in [1.54, 1.807) is 0 Å². The summed E-state index contributed by atoms with van der Waals surface area (Å²) in [6, 6.07) is 8.56. The van der Waals surface area contributed by atoms with Gasteiger partial charge in [0.1, 0.15) is 0 Å². The molecule has 2 nitrogen and oxygen atoms in total. The standard InChI is InChI=1S/C15H23NO/c1-5-7-13-8-6-9-14(10-13)12(4)16-15(17)11(2)3/h6,8-12H,5,7H2,1-4H3,(H,16,17). The number of nitrogens with one attached hydrogen (secondary N) is 1. The van der Waals surface area contributed by atoms with Gasteiger partial charge in [0.15, 0.2) is 0 Å². The van der Waals surface area contributed by atoms with E-state index >= 15 is 0 Å². The molecule has 1 N–H and O–H groups in total. The second-order valence-corrected chi connectivity index (χ2v) is 4.88. The molecule has 1 aromatic rings. The van der Waals surface area contributed by atoms with Crippen molar-refractivity contribution in [2.75, 3.05) is 0 Å². The van der Waals surface area contributed by atoms with Gasteiger partial charge in [-0.3, -0.25) is 4.79 Å². The summed E-state index contributed by atoms with van der Waals surface area (Å²) < 4.78 is 0. The Balaban J connectivity index is 2.71. The minimum absolute atomic E-state index is 0.0382. The summed E-state index contributed by atoms with van der Waals surface area (Å²) in [5.74, 6) is 0.148. The molecule has 1 atom stereocenters. The van der Waals surface area contributed by atoms with Crippen molar-refractivity contribution in [2.45, 2.75) is 46.6 Å². The third kappa shape index (κ3) is 4.22. The van der Waals surface area contributed by atoms with Gasteiger partial charge in [0.2, 0.25) is 5.91 Å². The fourth-order valence-electron chi connectivity index (χ4n) is 1.77. The third-order valence-electron chi connectivity index (χ3n) is 2.87. The van der Waals surface area contributed by atoms with Crippen molar-refractivity contribution in [1.29, 1.82) is 0 Å². The Hall–Kier alpha value is -1.31. The minimum atomic E-state index is 0.0382. The van der Waals surface area contributed by atoms with Crippen molar-refractivity contribution in [1.82, 2.24) is 5.32 Å². The van der Waals surface area contributed by atoms with Gasteiger partial charge in [-0.15, -0.1) is 0 Å². The Kier molecular flexibility index (Phi) is 5.20. The maximum absolute atomic E-state index is 11.6. The minimum Gasteiger partial charge on any atom is -0.349 e. The molecule has 1 unspecified atom stereocenters. The molecule has 0 aliphatic rings. The molecule has 1 aromatic carbocycles. The van der Waals surface area contributed by atoms with Crippen LogP contribution in [0.15, 0.2) is 24.3 Å². The number of carbonyl (C=O) groups is 1. The lowest BCUT2D eigenvalue weighted by atomic mass is 10.0. The number of aryl methyl sites for hydroxylation is 1. The zero-order valence-electron chi connectivity index (χ0n) is 11.3. The summed E-state index contributed by atoms with van der Waals surface area (Å²) >= 11 is 0. The summed E-state index contributed by atoms with van der Waals surface area (Å²) in [6.07, 6.45) is 2.24. The van der Waals surface area contributed by atoms with Crippen LogP contribution in [0.2, 0.25) is 0 Å². The van der Waals surface area contributed by atoms with Crippen LogP contribution in [-0.4, -0.2) is 5.91 Å². The Morgan fingerprint density at radius 2 is 2.00 bits per heavy atom. The molecule has 0 saturated heterocycles. The summed E-state index contributed by atoms with van der Waals surface area (Å²) in [5.41, 5.74) is 2.53. The number of benzene rings is 1. The van der Waals surface area contributed by atoms with E-state index in [9.17, 15) is 4.79 Å². The van der Waals surface area contributed by atoms with E-state index < -0.39 is 0 Å². The fraction of sp³-hybridized carbons (Fsp3) is 0.533. The lowest BCUT2D eigenvalue weighted by molar-refractivity contribution is -0.124. The number of rotatable bonds is 5. The van der Waals surface area contributed by atoms with Crippen LogP contribution in [0.1, 0.15) is 51.3 Å². The molecule has 0 saturated carbocycles. The molecule has 0 aliphatic heterocycles. The smallest absolute Gasteiger partial charge is 0.223 e. The summed E-state index contributed by atoms with van der Waals surface area (Å²) in [5, 5.41) is 3.03. The van der Waals surface area contributed by atoms with Crippen molar-refractivity contribution in [3.63, 3.8) is 0 Å². The highest BCUT2D eigenvalue weighted by atomic mass is 16.1. The van der Waals surface area contributed by atoms with Gasteiger partial charge in [-0.05, 0) is 24.5 Å². The fourth-order valence-corrected chi connectivity index (χ4v) is 1.77. The van der Waals surface area contributed by atoms with Crippen molar-refractivity contribution >= 4 is 5.91 Å². The van der Waals surface area contributed by atoms with Crippen LogP contribution in [0.4, 0.5) is 0 Å². The van der Waals surface area contributed by atoms with Gasteiger partial charge in [-0.25, -0.2) is 0 Å². The summed E-state index contributed by atoms with van der Waals surface area (Å²) in [7, 11) is 0. The number of hydrogen-bond donors (Lipinski definition) is 1. The van der Waals surface area contributed by atoms with Gasteiger partial charge in [-0.1, -0.05) is 51.5 Å². The predicted molar refractivity (Wildman–Crippen MR) is 71.8 cm³/mol. The zero-order valence-corrected chi connectivity index (χ0v) is 11.3. The van der Waals surface area contributed by atoms with E-state index in [0.29, 0.717) is 0 Å². The van der Waals surface area contributed by atoms with Crippen molar-refractivity contribution in [3.05, 3.63) is 35.4 Å². The molecule has 94 valence electrons. The molecule has 0 aromatic heterocycles. The average Bonchev–Trinajstić information content (AvgIpc) is 2.29. The van der Waals surface area contributed by atoms with Gasteiger partial charge in [0, 0.05) is 5.92 Å². The largest absolute Gasteiger partial charge is 0.349 e.